The first kappa shape index (κ1) is 10.5. The van der Waals surface area contributed by atoms with Crippen LogP contribution in [0.15, 0.2) is 18.2 Å². The van der Waals surface area contributed by atoms with Crippen molar-refractivity contribution in [2.24, 2.45) is 5.92 Å². The minimum atomic E-state index is 0.491. The van der Waals surface area contributed by atoms with Crippen LogP contribution >= 0.6 is 0 Å². The molecule has 0 unspecified atom stereocenters. The van der Waals surface area contributed by atoms with Crippen molar-refractivity contribution in [2.45, 2.75) is 20.4 Å². The van der Waals surface area contributed by atoms with Gasteiger partial charge in [-0.25, -0.2) is 4.98 Å². The summed E-state index contributed by atoms with van der Waals surface area (Å²) in [7, 11) is 0. The van der Waals surface area contributed by atoms with Crippen LogP contribution < -0.4 is 5.73 Å². The highest BCUT2D eigenvalue weighted by Gasteiger charge is 2.09. The van der Waals surface area contributed by atoms with Crippen molar-refractivity contribution in [1.82, 2.24) is 9.55 Å². The van der Waals surface area contributed by atoms with Crippen molar-refractivity contribution in [3.63, 3.8) is 0 Å². The Balaban J connectivity index is 2.62. The molecule has 0 aliphatic rings. The SMILES string of the molecule is CC(C)Cn1c(N)nc2ccc(C#N)cc21. The van der Waals surface area contributed by atoms with E-state index < -0.39 is 0 Å². The fourth-order valence-electron chi connectivity index (χ4n) is 1.77. The van der Waals surface area contributed by atoms with Crippen LogP contribution in [0.25, 0.3) is 11.0 Å². The van der Waals surface area contributed by atoms with Crippen molar-refractivity contribution in [3.8, 4) is 6.07 Å². The molecular formula is C12H14N4. The molecule has 2 N–H and O–H groups in total. The van der Waals surface area contributed by atoms with Gasteiger partial charge in [0.25, 0.3) is 0 Å². The number of imidazole rings is 1. The summed E-state index contributed by atoms with van der Waals surface area (Å²) in [6.45, 7) is 5.07. The van der Waals surface area contributed by atoms with Gasteiger partial charge in [-0.3, -0.25) is 0 Å². The second-order valence-electron chi connectivity index (χ2n) is 4.29. The van der Waals surface area contributed by atoms with Crippen LogP contribution in [0.5, 0.6) is 0 Å². The monoisotopic (exact) mass is 214 g/mol. The number of anilines is 1. The number of nitrogens with two attached hydrogens (primary N) is 1. The molecule has 0 amide bonds. The number of benzene rings is 1. The van der Waals surface area contributed by atoms with Crippen LogP contribution in [0, 0.1) is 17.2 Å². The van der Waals surface area contributed by atoms with Gasteiger partial charge in [0, 0.05) is 6.54 Å². The van der Waals surface area contributed by atoms with Gasteiger partial charge in [0.1, 0.15) is 0 Å². The zero-order valence-corrected chi connectivity index (χ0v) is 9.44. The van der Waals surface area contributed by atoms with E-state index in [9.17, 15) is 0 Å². The lowest BCUT2D eigenvalue weighted by Gasteiger charge is -2.08. The van der Waals surface area contributed by atoms with Crippen molar-refractivity contribution in [2.75, 3.05) is 5.73 Å². The molecule has 16 heavy (non-hydrogen) atoms. The Bertz CT molecular complexity index is 560. The second-order valence-corrected chi connectivity index (χ2v) is 4.29. The number of nitrogens with zero attached hydrogens (tertiary/aromatic N) is 3. The minimum Gasteiger partial charge on any atom is -0.369 e. The lowest BCUT2D eigenvalue weighted by molar-refractivity contribution is 0.538. The van der Waals surface area contributed by atoms with E-state index in [-0.39, 0.29) is 0 Å². The maximum atomic E-state index is 8.87. The summed E-state index contributed by atoms with van der Waals surface area (Å²) >= 11 is 0. The van der Waals surface area contributed by atoms with E-state index in [4.69, 9.17) is 11.0 Å². The normalized spacial score (nSPS) is 10.9. The predicted molar refractivity (Wildman–Crippen MR) is 63.7 cm³/mol. The van der Waals surface area contributed by atoms with E-state index in [0.29, 0.717) is 17.4 Å². The standard InChI is InChI=1S/C12H14N4/c1-8(2)7-16-11-5-9(6-13)3-4-10(11)15-12(16)14/h3-5,8H,7H2,1-2H3,(H2,14,15). The average molecular weight is 214 g/mol. The van der Waals surface area contributed by atoms with Crippen molar-refractivity contribution >= 4 is 17.0 Å². The maximum Gasteiger partial charge on any atom is 0.201 e. The van der Waals surface area contributed by atoms with Gasteiger partial charge in [-0.15, -0.1) is 0 Å². The predicted octanol–water partition coefficient (Wildman–Crippen LogP) is 2.15. The Hall–Kier alpha value is -2.02. The summed E-state index contributed by atoms with van der Waals surface area (Å²) in [6.07, 6.45) is 0. The third-order valence-electron chi connectivity index (χ3n) is 2.45. The van der Waals surface area contributed by atoms with Gasteiger partial charge in [-0.05, 0) is 24.1 Å². The summed E-state index contributed by atoms with van der Waals surface area (Å²) in [5.74, 6) is 1.00. The van der Waals surface area contributed by atoms with Gasteiger partial charge in [-0.1, -0.05) is 13.8 Å². The van der Waals surface area contributed by atoms with Gasteiger partial charge in [0.05, 0.1) is 22.7 Å². The molecule has 0 fully saturated rings. The summed E-state index contributed by atoms with van der Waals surface area (Å²) in [5.41, 5.74) is 8.28. The number of nitrogen functional groups attached to an aromatic ring is 1. The molecule has 0 saturated heterocycles. The smallest absolute Gasteiger partial charge is 0.201 e. The summed E-state index contributed by atoms with van der Waals surface area (Å²) in [6, 6.07) is 7.55. The molecular weight excluding hydrogens is 200 g/mol. The van der Waals surface area contributed by atoms with Crippen LogP contribution in [0.2, 0.25) is 0 Å². The number of fused-ring (bicyclic) bond motifs is 1. The first-order valence-corrected chi connectivity index (χ1v) is 5.27. The molecule has 4 nitrogen and oxygen atoms in total. The molecule has 1 heterocycles. The zero-order valence-electron chi connectivity index (χ0n) is 9.44. The van der Waals surface area contributed by atoms with Gasteiger partial charge in [0.15, 0.2) is 0 Å². The van der Waals surface area contributed by atoms with E-state index in [1.165, 1.54) is 0 Å². The molecule has 1 aromatic carbocycles. The highest BCUT2D eigenvalue weighted by atomic mass is 15.1. The number of hydrogen-bond acceptors (Lipinski definition) is 3. The van der Waals surface area contributed by atoms with Crippen LogP contribution in [0.4, 0.5) is 5.95 Å². The fraction of sp³-hybridized carbons (Fsp3) is 0.333. The van der Waals surface area contributed by atoms with Gasteiger partial charge in [-0.2, -0.15) is 5.26 Å². The molecule has 0 saturated carbocycles. The largest absolute Gasteiger partial charge is 0.369 e. The maximum absolute atomic E-state index is 8.87. The number of nitriles is 1. The fourth-order valence-corrected chi connectivity index (χ4v) is 1.77. The van der Waals surface area contributed by atoms with E-state index in [1.807, 2.05) is 16.7 Å². The molecule has 0 radical (unpaired) electrons. The second kappa shape index (κ2) is 3.86. The first-order valence-electron chi connectivity index (χ1n) is 5.27. The number of aromatic nitrogens is 2. The van der Waals surface area contributed by atoms with Gasteiger partial charge < -0.3 is 10.3 Å². The van der Waals surface area contributed by atoms with E-state index >= 15 is 0 Å². The van der Waals surface area contributed by atoms with Crippen molar-refractivity contribution in [3.05, 3.63) is 23.8 Å². The minimum absolute atomic E-state index is 0.491. The topological polar surface area (TPSA) is 67.6 Å². The molecule has 0 aliphatic carbocycles. The van der Waals surface area contributed by atoms with Crippen molar-refractivity contribution < 1.29 is 0 Å². The van der Waals surface area contributed by atoms with Crippen LogP contribution in [0.1, 0.15) is 19.4 Å². The molecule has 0 atom stereocenters. The molecule has 0 aliphatic heterocycles. The lowest BCUT2D eigenvalue weighted by Crippen LogP contribution is -2.07. The number of hydrogen-bond donors (Lipinski definition) is 1. The summed E-state index contributed by atoms with van der Waals surface area (Å²) < 4.78 is 1.96. The Morgan fingerprint density at radius 1 is 1.50 bits per heavy atom. The van der Waals surface area contributed by atoms with Crippen molar-refractivity contribution in [1.29, 1.82) is 5.26 Å². The molecule has 82 valence electrons. The summed E-state index contributed by atoms with van der Waals surface area (Å²) in [4.78, 5) is 4.27. The van der Waals surface area contributed by atoms with Crippen LogP contribution in [0.3, 0.4) is 0 Å². The first-order chi connectivity index (χ1) is 7.61. The summed E-state index contributed by atoms with van der Waals surface area (Å²) in [5, 5.41) is 8.87. The van der Waals surface area contributed by atoms with E-state index in [2.05, 4.69) is 24.9 Å². The molecule has 4 heteroatoms. The van der Waals surface area contributed by atoms with Gasteiger partial charge in [0.2, 0.25) is 5.95 Å². The number of rotatable bonds is 2. The van der Waals surface area contributed by atoms with E-state index in [0.717, 1.165) is 17.6 Å². The Labute approximate surface area is 94.3 Å². The Morgan fingerprint density at radius 3 is 2.88 bits per heavy atom. The van der Waals surface area contributed by atoms with Gasteiger partial charge >= 0.3 is 0 Å². The van der Waals surface area contributed by atoms with Crippen LogP contribution in [-0.2, 0) is 6.54 Å². The highest BCUT2D eigenvalue weighted by molar-refractivity contribution is 5.79. The molecule has 2 aromatic rings. The van der Waals surface area contributed by atoms with E-state index in [1.54, 1.807) is 6.07 Å². The third-order valence-corrected chi connectivity index (χ3v) is 2.45. The Morgan fingerprint density at radius 2 is 2.25 bits per heavy atom. The average Bonchev–Trinajstić information content (AvgIpc) is 2.54. The highest BCUT2D eigenvalue weighted by Crippen LogP contribution is 2.20. The van der Waals surface area contributed by atoms with Crippen LogP contribution in [-0.4, -0.2) is 9.55 Å². The quantitative estimate of drug-likeness (QED) is 0.832. The Kier molecular flexibility index (Phi) is 2.53. The lowest BCUT2D eigenvalue weighted by atomic mass is 10.2. The molecule has 0 bridgehead atoms. The molecule has 0 spiro atoms. The molecule has 2 rings (SSSR count). The molecule has 1 aromatic heterocycles. The zero-order chi connectivity index (χ0) is 11.7. The third kappa shape index (κ3) is 1.72.